The number of nitrogens with one attached hydrogen (secondary N) is 1. The van der Waals surface area contributed by atoms with Crippen LogP contribution in [-0.4, -0.2) is 34.1 Å². The monoisotopic (exact) mass is 292 g/mol. The van der Waals surface area contributed by atoms with Gasteiger partial charge in [0, 0.05) is 0 Å². The van der Waals surface area contributed by atoms with E-state index in [9.17, 15) is 9.59 Å². The highest BCUT2D eigenvalue weighted by atomic mass is 32.2. The minimum atomic E-state index is -0.474. The molecule has 2 rings (SSSR count). The second-order valence-corrected chi connectivity index (χ2v) is 5.34. The molecule has 0 bridgehead atoms. The van der Waals surface area contributed by atoms with Crippen LogP contribution in [0.2, 0.25) is 0 Å². The largest absolute Gasteiger partial charge is 0.466 e. The van der Waals surface area contributed by atoms with Crippen molar-refractivity contribution in [1.29, 1.82) is 0 Å². The Balaban J connectivity index is 1.92. The summed E-state index contributed by atoms with van der Waals surface area (Å²) in [6.07, 6.45) is -0.180. The number of imidazole rings is 1. The van der Waals surface area contributed by atoms with E-state index in [1.807, 2.05) is 25.1 Å². The fraction of sp³-hybridized carbons (Fsp3) is 0.357. The highest BCUT2D eigenvalue weighted by Crippen LogP contribution is 2.20. The van der Waals surface area contributed by atoms with Gasteiger partial charge in [0.15, 0.2) is 10.9 Å². The lowest BCUT2D eigenvalue weighted by Crippen LogP contribution is -2.12. The van der Waals surface area contributed by atoms with Crippen molar-refractivity contribution in [2.75, 3.05) is 12.4 Å². The Kier molecular flexibility index (Phi) is 4.79. The Morgan fingerprint density at radius 2 is 2.20 bits per heavy atom. The lowest BCUT2D eigenvalue weighted by atomic mass is 10.2. The Bertz CT molecular complexity index is 636. The topological polar surface area (TPSA) is 72.1 Å². The van der Waals surface area contributed by atoms with Gasteiger partial charge in [-0.2, -0.15) is 0 Å². The minimum Gasteiger partial charge on any atom is -0.466 e. The molecule has 0 fully saturated rings. The van der Waals surface area contributed by atoms with Crippen LogP contribution in [-0.2, 0) is 14.3 Å². The number of carbonyl (C=O) groups is 2. The van der Waals surface area contributed by atoms with Crippen molar-refractivity contribution in [3.63, 3.8) is 0 Å². The van der Waals surface area contributed by atoms with Gasteiger partial charge >= 0.3 is 5.97 Å². The normalized spacial score (nSPS) is 10.7. The highest BCUT2D eigenvalue weighted by molar-refractivity contribution is 7.99. The number of Topliss-reactive ketones (excluding diaryl/α,β-unsaturated/α-hetero) is 1. The van der Waals surface area contributed by atoms with Crippen LogP contribution >= 0.6 is 11.8 Å². The predicted molar refractivity (Wildman–Crippen MR) is 77.8 cm³/mol. The lowest BCUT2D eigenvalue weighted by molar-refractivity contribution is -0.145. The maximum absolute atomic E-state index is 11.6. The maximum Gasteiger partial charge on any atom is 0.313 e. The molecule has 106 valence electrons. The van der Waals surface area contributed by atoms with Gasteiger partial charge in [0.05, 0.1) is 23.4 Å². The predicted octanol–water partition coefficient (Wildman–Crippen LogP) is 2.49. The van der Waals surface area contributed by atoms with Crippen LogP contribution in [0.5, 0.6) is 0 Å². The van der Waals surface area contributed by atoms with Crippen molar-refractivity contribution in [1.82, 2.24) is 9.97 Å². The number of esters is 1. The molecule has 0 saturated carbocycles. The smallest absolute Gasteiger partial charge is 0.313 e. The van der Waals surface area contributed by atoms with Crippen LogP contribution in [0.1, 0.15) is 18.9 Å². The van der Waals surface area contributed by atoms with E-state index < -0.39 is 5.97 Å². The van der Waals surface area contributed by atoms with Gasteiger partial charge in [-0.25, -0.2) is 4.98 Å². The van der Waals surface area contributed by atoms with Crippen LogP contribution in [0.15, 0.2) is 23.4 Å². The van der Waals surface area contributed by atoms with Crippen LogP contribution < -0.4 is 0 Å². The Hall–Kier alpha value is -1.82. The molecule has 0 radical (unpaired) electrons. The number of H-pyrrole nitrogens is 1. The van der Waals surface area contributed by atoms with Gasteiger partial charge in [-0.1, -0.05) is 17.8 Å². The molecule has 0 aliphatic carbocycles. The van der Waals surface area contributed by atoms with Gasteiger partial charge in [0.1, 0.15) is 6.42 Å². The van der Waals surface area contributed by atoms with E-state index in [4.69, 9.17) is 4.74 Å². The molecule has 0 aliphatic heterocycles. The average Bonchev–Trinajstić information content (AvgIpc) is 2.78. The summed E-state index contributed by atoms with van der Waals surface area (Å²) >= 11 is 1.30. The van der Waals surface area contributed by atoms with E-state index in [-0.39, 0.29) is 18.0 Å². The van der Waals surface area contributed by atoms with Crippen LogP contribution in [0.4, 0.5) is 0 Å². The molecular formula is C14H16N2O3S. The second kappa shape index (κ2) is 6.56. The molecule has 5 nitrogen and oxygen atoms in total. The molecule has 1 heterocycles. The van der Waals surface area contributed by atoms with Crippen molar-refractivity contribution in [3.05, 3.63) is 23.8 Å². The maximum atomic E-state index is 11.6. The summed E-state index contributed by atoms with van der Waals surface area (Å²) in [4.78, 5) is 30.3. The first-order valence-electron chi connectivity index (χ1n) is 6.35. The second-order valence-electron chi connectivity index (χ2n) is 4.37. The summed E-state index contributed by atoms with van der Waals surface area (Å²) in [7, 11) is 0. The number of fused-ring (bicyclic) bond motifs is 1. The van der Waals surface area contributed by atoms with Gasteiger partial charge < -0.3 is 9.72 Å². The molecule has 0 spiro atoms. The fourth-order valence-electron chi connectivity index (χ4n) is 1.74. The van der Waals surface area contributed by atoms with Gasteiger partial charge in [-0.15, -0.1) is 0 Å². The number of benzene rings is 1. The summed E-state index contributed by atoms with van der Waals surface area (Å²) in [5, 5.41) is 0.683. The first-order chi connectivity index (χ1) is 9.58. The van der Waals surface area contributed by atoms with E-state index in [1.165, 1.54) is 11.8 Å². The van der Waals surface area contributed by atoms with E-state index in [2.05, 4.69) is 9.97 Å². The van der Waals surface area contributed by atoms with Crippen LogP contribution in [0.3, 0.4) is 0 Å². The number of aryl methyl sites for hydroxylation is 1. The molecule has 20 heavy (non-hydrogen) atoms. The number of thioether (sulfide) groups is 1. The van der Waals surface area contributed by atoms with Crippen LogP contribution in [0, 0.1) is 6.92 Å². The Labute approximate surface area is 121 Å². The average molecular weight is 292 g/mol. The van der Waals surface area contributed by atoms with Gasteiger partial charge in [0.25, 0.3) is 0 Å². The molecule has 0 aliphatic rings. The Morgan fingerprint density at radius 1 is 1.40 bits per heavy atom. The van der Waals surface area contributed by atoms with E-state index in [1.54, 1.807) is 6.92 Å². The molecule has 0 saturated heterocycles. The minimum absolute atomic E-state index is 0.162. The van der Waals surface area contributed by atoms with Crippen molar-refractivity contribution in [2.45, 2.75) is 25.4 Å². The molecule has 2 aromatic rings. The zero-order valence-electron chi connectivity index (χ0n) is 11.4. The van der Waals surface area contributed by atoms with E-state index >= 15 is 0 Å². The summed E-state index contributed by atoms with van der Waals surface area (Å²) in [6, 6.07) is 5.93. The van der Waals surface area contributed by atoms with Gasteiger partial charge in [0.2, 0.25) is 0 Å². The number of hydrogen-bond donors (Lipinski definition) is 1. The van der Waals surface area contributed by atoms with Crippen LogP contribution in [0.25, 0.3) is 11.0 Å². The summed E-state index contributed by atoms with van der Waals surface area (Å²) < 4.78 is 4.73. The fourth-order valence-corrected chi connectivity index (χ4v) is 2.49. The first kappa shape index (κ1) is 14.6. The number of rotatable bonds is 6. The third kappa shape index (κ3) is 3.84. The van der Waals surface area contributed by atoms with Crippen molar-refractivity contribution in [2.24, 2.45) is 0 Å². The molecule has 0 unspecified atom stereocenters. The molecule has 6 heteroatoms. The number of nitrogens with zero attached hydrogens (tertiary/aromatic N) is 1. The van der Waals surface area contributed by atoms with E-state index in [0.29, 0.717) is 11.8 Å². The summed E-state index contributed by atoms with van der Waals surface area (Å²) in [5.74, 6) is -0.430. The van der Waals surface area contributed by atoms with Crippen molar-refractivity contribution < 1.29 is 14.3 Å². The van der Waals surface area contributed by atoms with Gasteiger partial charge in [-0.05, 0) is 31.5 Å². The first-order valence-corrected chi connectivity index (χ1v) is 7.33. The standard InChI is InChI=1S/C14H16N2O3S/c1-3-19-13(18)7-10(17)8-20-14-15-11-5-4-9(2)6-12(11)16-14/h4-6H,3,7-8H2,1-2H3,(H,15,16). The molecular weight excluding hydrogens is 276 g/mol. The zero-order chi connectivity index (χ0) is 14.5. The SMILES string of the molecule is CCOC(=O)CC(=O)CSc1nc2ccc(C)cc2[nH]1. The third-order valence-corrected chi connectivity index (χ3v) is 3.57. The quantitative estimate of drug-likeness (QED) is 0.503. The number of hydrogen-bond acceptors (Lipinski definition) is 5. The molecule has 1 N–H and O–H groups in total. The molecule has 0 amide bonds. The Morgan fingerprint density at radius 3 is 2.95 bits per heavy atom. The van der Waals surface area contributed by atoms with Crippen molar-refractivity contribution >= 4 is 34.5 Å². The number of ketones is 1. The lowest BCUT2D eigenvalue weighted by Gasteiger charge is -2.00. The third-order valence-electron chi connectivity index (χ3n) is 2.63. The highest BCUT2D eigenvalue weighted by Gasteiger charge is 2.12. The van der Waals surface area contributed by atoms with Crippen molar-refractivity contribution in [3.8, 4) is 0 Å². The van der Waals surface area contributed by atoms with E-state index in [0.717, 1.165) is 16.6 Å². The molecule has 0 atom stereocenters. The van der Waals surface area contributed by atoms with Gasteiger partial charge in [-0.3, -0.25) is 9.59 Å². The number of ether oxygens (including phenoxy) is 1. The number of aromatic nitrogens is 2. The number of aromatic amines is 1. The summed E-state index contributed by atoms with van der Waals surface area (Å²) in [5.41, 5.74) is 2.97. The number of carbonyl (C=O) groups excluding carboxylic acids is 2. The zero-order valence-corrected chi connectivity index (χ0v) is 12.3. The molecule has 1 aromatic carbocycles. The molecule has 1 aromatic heterocycles. The summed E-state index contributed by atoms with van der Waals surface area (Å²) in [6.45, 7) is 4.02.